The van der Waals surface area contributed by atoms with Gasteiger partial charge < -0.3 is 25.3 Å². The van der Waals surface area contributed by atoms with E-state index in [0.717, 1.165) is 35.2 Å². The second kappa shape index (κ2) is 17.6. The maximum Gasteiger partial charge on any atom is 0.246 e. The molecule has 3 rings (SSSR count). The summed E-state index contributed by atoms with van der Waals surface area (Å²) in [6.07, 6.45) is 5.22. The highest BCUT2D eigenvalue weighted by Crippen LogP contribution is 2.22. The lowest BCUT2D eigenvalue weighted by atomic mass is 9.98. The first-order valence-electron chi connectivity index (χ1n) is 16.3. The van der Waals surface area contributed by atoms with E-state index >= 15 is 0 Å². The molecule has 3 aromatic carbocycles. The SMILES string of the molecule is CN(C)CCCN(C)C(=O)[C@@H](Cc1ccccc1)N(C)C(=O)[C@@H](Cc1ccc(-c2ccccc2)cc1)N(C)C(=O)C=CCC(C)(C)N. The first-order chi connectivity index (χ1) is 22.3. The van der Waals surface area contributed by atoms with Gasteiger partial charge in [0.15, 0.2) is 0 Å². The molecule has 0 saturated heterocycles. The molecular formula is C39H53N5O3. The van der Waals surface area contributed by atoms with Crippen LogP contribution in [0.4, 0.5) is 0 Å². The van der Waals surface area contributed by atoms with Gasteiger partial charge in [-0.3, -0.25) is 14.4 Å². The monoisotopic (exact) mass is 639 g/mol. The molecule has 0 aliphatic heterocycles. The van der Waals surface area contributed by atoms with Crippen LogP contribution < -0.4 is 5.73 Å². The molecule has 47 heavy (non-hydrogen) atoms. The third-order valence-corrected chi connectivity index (χ3v) is 8.34. The van der Waals surface area contributed by atoms with E-state index in [1.807, 2.05) is 101 Å². The molecule has 0 heterocycles. The Hall–Kier alpha value is -4.27. The minimum absolute atomic E-state index is 0.131. The molecule has 8 nitrogen and oxygen atoms in total. The van der Waals surface area contributed by atoms with Crippen molar-refractivity contribution in [3.05, 3.63) is 108 Å². The van der Waals surface area contributed by atoms with Crippen molar-refractivity contribution in [2.75, 3.05) is 48.3 Å². The van der Waals surface area contributed by atoms with Gasteiger partial charge in [-0.2, -0.15) is 0 Å². The van der Waals surface area contributed by atoms with Crippen LogP contribution in [-0.2, 0) is 27.2 Å². The van der Waals surface area contributed by atoms with Crippen molar-refractivity contribution in [2.45, 2.75) is 57.2 Å². The first kappa shape index (κ1) is 37.2. The Morgan fingerprint density at radius 3 is 1.74 bits per heavy atom. The summed E-state index contributed by atoms with van der Waals surface area (Å²) in [6, 6.07) is 26.3. The Kier molecular flexibility index (Phi) is 13.9. The number of carbonyl (C=O) groups is 3. The molecule has 2 atom stereocenters. The molecule has 252 valence electrons. The maximum atomic E-state index is 14.5. The minimum Gasteiger partial charge on any atom is -0.344 e. The highest BCUT2D eigenvalue weighted by molar-refractivity contribution is 5.95. The fraction of sp³-hybridized carbons (Fsp3) is 0.410. The molecule has 0 radical (unpaired) electrons. The smallest absolute Gasteiger partial charge is 0.246 e. The number of nitrogens with zero attached hydrogens (tertiary/aromatic N) is 4. The minimum atomic E-state index is -0.837. The van der Waals surface area contributed by atoms with Crippen LogP contribution in [0.1, 0.15) is 37.8 Å². The van der Waals surface area contributed by atoms with Gasteiger partial charge in [0, 0.05) is 46.1 Å². The van der Waals surface area contributed by atoms with Gasteiger partial charge in [0.05, 0.1) is 0 Å². The molecule has 0 unspecified atom stereocenters. The van der Waals surface area contributed by atoms with Crippen molar-refractivity contribution in [1.82, 2.24) is 19.6 Å². The topological polar surface area (TPSA) is 90.2 Å². The maximum absolute atomic E-state index is 14.5. The third-order valence-electron chi connectivity index (χ3n) is 8.34. The van der Waals surface area contributed by atoms with Crippen molar-refractivity contribution < 1.29 is 14.4 Å². The molecular weight excluding hydrogens is 586 g/mol. The summed E-state index contributed by atoms with van der Waals surface area (Å²) in [5.41, 5.74) is 9.69. The van der Waals surface area contributed by atoms with Crippen LogP contribution in [0.5, 0.6) is 0 Å². The second-order valence-electron chi connectivity index (χ2n) is 13.4. The van der Waals surface area contributed by atoms with E-state index in [2.05, 4.69) is 17.0 Å². The lowest BCUT2D eigenvalue weighted by molar-refractivity contribution is -0.148. The van der Waals surface area contributed by atoms with E-state index < -0.39 is 17.6 Å². The Morgan fingerprint density at radius 1 is 0.681 bits per heavy atom. The lowest BCUT2D eigenvalue weighted by Crippen LogP contribution is -2.56. The molecule has 8 heteroatoms. The average Bonchev–Trinajstić information content (AvgIpc) is 3.05. The zero-order valence-corrected chi connectivity index (χ0v) is 29.2. The predicted octanol–water partition coefficient (Wildman–Crippen LogP) is 4.89. The number of hydrogen-bond donors (Lipinski definition) is 1. The molecule has 3 amide bonds. The standard InChI is InChI=1S/C39H53N5O3/c1-39(2,40)25-14-20-36(45)43(6)35(29-31-21-23-33(24-22-31)32-18-12-9-13-19-32)38(47)44(7)34(28-30-16-10-8-11-17-30)37(46)42(5)27-15-26-41(3)4/h8-14,16-24,34-35H,15,25-29,40H2,1-7H3/t34-,35-/m1/s1. The van der Waals surface area contributed by atoms with Crippen molar-refractivity contribution in [3.8, 4) is 11.1 Å². The zero-order chi connectivity index (χ0) is 34.6. The number of amides is 3. The van der Waals surface area contributed by atoms with Crippen LogP contribution in [0.3, 0.4) is 0 Å². The van der Waals surface area contributed by atoms with Crippen molar-refractivity contribution in [2.24, 2.45) is 5.73 Å². The first-order valence-corrected chi connectivity index (χ1v) is 16.3. The lowest BCUT2D eigenvalue weighted by Gasteiger charge is -2.36. The van der Waals surface area contributed by atoms with E-state index in [1.165, 1.54) is 15.9 Å². The second-order valence-corrected chi connectivity index (χ2v) is 13.4. The number of likely N-dealkylation sites (N-methyl/N-ethyl adjacent to an activating group) is 3. The van der Waals surface area contributed by atoms with Crippen LogP contribution >= 0.6 is 0 Å². The summed E-state index contributed by atoms with van der Waals surface area (Å²) in [4.78, 5) is 48.7. The summed E-state index contributed by atoms with van der Waals surface area (Å²) >= 11 is 0. The average molecular weight is 640 g/mol. The van der Waals surface area contributed by atoms with Gasteiger partial charge in [0.2, 0.25) is 17.7 Å². The number of nitrogens with two attached hydrogens (primary N) is 1. The molecule has 0 spiro atoms. The van der Waals surface area contributed by atoms with Crippen LogP contribution in [0.25, 0.3) is 11.1 Å². The molecule has 2 N–H and O–H groups in total. The van der Waals surface area contributed by atoms with Crippen LogP contribution in [0.2, 0.25) is 0 Å². The molecule has 0 aliphatic rings. The Balaban J connectivity index is 1.93. The predicted molar refractivity (Wildman–Crippen MR) is 192 cm³/mol. The molecule has 0 bridgehead atoms. The van der Waals surface area contributed by atoms with E-state index in [0.29, 0.717) is 25.8 Å². The summed E-state index contributed by atoms with van der Waals surface area (Å²) < 4.78 is 0. The molecule has 3 aromatic rings. The van der Waals surface area contributed by atoms with Gasteiger partial charge in [-0.25, -0.2) is 0 Å². The summed E-state index contributed by atoms with van der Waals surface area (Å²) in [7, 11) is 9.13. The Morgan fingerprint density at radius 2 is 1.19 bits per heavy atom. The molecule has 0 saturated carbocycles. The van der Waals surface area contributed by atoms with Gasteiger partial charge >= 0.3 is 0 Å². The molecule has 0 aliphatic carbocycles. The van der Waals surface area contributed by atoms with Crippen molar-refractivity contribution >= 4 is 17.7 Å². The fourth-order valence-corrected chi connectivity index (χ4v) is 5.42. The summed E-state index contributed by atoms with van der Waals surface area (Å²) in [6.45, 7) is 5.21. The Bertz CT molecular complexity index is 1450. The Labute approximate surface area is 281 Å². The van der Waals surface area contributed by atoms with Crippen molar-refractivity contribution in [3.63, 3.8) is 0 Å². The van der Waals surface area contributed by atoms with Gasteiger partial charge in [0.1, 0.15) is 12.1 Å². The number of carbonyl (C=O) groups excluding carboxylic acids is 3. The van der Waals surface area contributed by atoms with Gasteiger partial charge in [-0.05, 0) is 75.7 Å². The zero-order valence-electron chi connectivity index (χ0n) is 29.2. The highest BCUT2D eigenvalue weighted by atomic mass is 16.2. The third kappa shape index (κ3) is 11.8. The van der Waals surface area contributed by atoms with Gasteiger partial charge in [-0.15, -0.1) is 0 Å². The van der Waals surface area contributed by atoms with E-state index in [9.17, 15) is 14.4 Å². The highest BCUT2D eigenvalue weighted by Gasteiger charge is 2.35. The van der Waals surface area contributed by atoms with E-state index in [1.54, 1.807) is 32.1 Å². The quantitative estimate of drug-likeness (QED) is 0.226. The van der Waals surface area contributed by atoms with Crippen LogP contribution in [0, 0.1) is 0 Å². The summed E-state index contributed by atoms with van der Waals surface area (Å²) in [5, 5.41) is 0. The van der Waals surface area contributed by atoms with Crippen LogP contribution in [0.15, 0.2) is 97.1 Å². The number of rotatable bonds is 16. The largest absolute Gasteiger partial charge is 0.344 e. The van der Waals surface area contributed by atoms with E-state index in [4.69, 9.17) is 5.73 Å². The van der Waals surface area contributed by atoms with Gasteiger partial charge in [0.25, 0.3) is 0 Å². The molecule has 0 fully saturated rings. The fourth-order valence-electron chi connectivity index (χ4n) is 5.42. The van der Waals surface area contributed by atoms with Gasteiger partial charge in [-0.1, -0.05) is 91.0 Å². The summed E-state index contributed by atoms with van der Waals surface area (Å²) in [5.74, 6) is -0.723. The number of hydrogen-bond acceptors (Lipinski definition) is 5. The molecule has 0 aromatic heterocycles. The number of benzene rings is 3. The van der Waals surface area contributed by atoms with E-state index in [-0.39, 0.29) is 17.7 Å². The van der Waals surface area contributed by atoms with Crippen LogP contribution in [-0.4, -0.2) is 103 Å². The normalized spacial score (nSPS) is 13.0. The van der Waals surface area contributed by atoms with Crippen molar-refractivity contribution in [1.29, 1.82) is 0 Å².